The van der Waals surface area contributed by atoms with E-state index in [-0.39, 0.29) is 11.4 Å². The number of carbonyl (C=O) groups excluding carboxylic acids is 1. The minimum Gasteiger partial charge on any atom is -0.384 e. The van der Waals surface area contributed by atoms with E-state index >= 15 is 0 Å². The number of aromatic nitrogens is 1. The summed E-state index contributed by atoms with van der Waals surface area (Å²) in [5.74, 6) is -0.919. The number of nitrogens with one attached hydrogen (secondary N) is 2. The van der Waals surface area contributed by atoms with Gasteiger partial charge < -0.3 is 15.4 Å². The number of amides is 1. The Kier molecular flexibility index (Phi) is 5.92. The Bertz CT molecular complexity index is 720. The highest BCUT2D eigenvalue weighted by Gasteiger charge is 2.12. The average Bonchev–Trinajstić information content (AvgIpc) is 2.65. The van der Waals surface area contributed by atoms with Gasteiger partial charge in [0.25, 0.3) is 5.91 Å². The van der Waals surface area contributed by atoms with Crippen LogP contribution in [0.15, 0.2) is 42.6 Å². The van der Waals surface area contributed by atoms with E-state index in [4.69, 9.17) is 4.74 Å². The Balaban J connectivity index is 1.55. The smallest absolute Gasteiger partial charge is 0.274 e. The zero-order chi connectivity index (χ0) is 17.5. The monoisotopic (exact) mass is 344 g/mol. The van der Waals surface area contributed by atoms with E-state index in [1.54, 1.807) is 30.5 Å². The topological polar surface area (TPSA) is 66.5 Å². The first kappa shape index (κ1) is 17.3. The second kappa shape index (κ2) is 8.55. The number of hydrogen-bond donors (Lipinski definition) is 2. The van der Waals surface area contributed by atoms with Gasteiger partial charge in [-0.25, -0.2) is 4.39 Å². The standard InChI is InChI=1S/C18H21FN4O2/c19-15-3-1-2-4-16(15)22-18(24)17-13-14(5-6-21-17)20-7-8-23-9-11-25-12-10-23/h1-6,13H,7-12H2,(H,20,21)(H,22,24). The van der Waals surface area contributed by atoms with Crippen molar-refractivity contribution in [3.63, 3.8) is 0 Å². The van der Waals surface area contributed by atoms with Crippen molar-refractivity contribution in [2.45, 2.75) is 0 Å². The zero-order valence-electron chi connectivity index (χ0n) is 13.9. The number of nitrogens with zero attached hydrogens (tertiary/aromatic N) is 2. The molecule has 25 heavy (non-hydrogen) atoms. The summed E-state index contributed by atoms with van der Waals surface area (Å²) in [5, 5.41) is 5.82. The molecule has 6 nitrogen and oxygen atoms in total. The van der Waals surface area contributed by atoms with Gasteiger partial charge in [0.05, 0.1) is 18.9 Å². The van der Waals surface area contributed by atoms with Crippen LogP contribution in [0.2, 0.25) is 0 Å². The number of benzene rings is 1. The van der Waals surface area contributed by atoms with Crippen LogP contribution in [-0.2, 0) is 4.74 Å². The molecule has 1 aromatic carbocycles. The molecule has 132 valence electrons. The lowest BCUT2D eigenvalue weighted by molar-refractivity contribution is 0.0398. The zero-order valence-corrected chi connectivity index (χ0v) is 13.9. The molecule has 2 N–H and O–H groups in total. The molecule has 0 radical (unpaired) electrons. The summed E-state index contributed by atoms with van der Waals surface area (Å²) in [7, 11) is 0. The maximum Gasteiger partial charge on any atom is 0.274 e. The molecule has 0 saturated carbocycles. The van der Waals surface area contributed by atoms with Crippen molar-refractivity contribution in [2.75, 3.05) is 50.0 Å². The number of carbonyl (C=O) groups is 1. The van der Waals surface area contributed by atoms with Crippen LogP contribution in [0.1, 0.15) is 10.5 Å². The molecule has 0 bridgehead atoms. The van der Waals surface area contributed by atoms with Crippen molar-refractivity contribution in [3.8, 4) is 0 Å². The number of para-hydroxylation sites is 1. The van der Waals surface area contributed by atoms with Crippen molar-refractivity contribution >= 4 is 17.3 Å². The first-order chi connectivity index (χ1) is 12.2. The van der Waals surface area contributed by atoms with E-state index in [1.807, 2.05) is 0 Å². The number of rotatable bonds is 6. The quantitative estimate of drug-likeness (QED) is 0.841. The highest BCUT2D eigenvalue weighted by Crippen LogP contribution is 2.15. The van der Waals surface area contributed by atoms with Crippen LogP contribution in [-0.4, -0.2) is 55.2 Å². The SMILES string of the molecule is O=C(Nc1ccccc1F)c1cc(NCCN2CCOCC2)ccn1. The number of morpholine rings is 1. The van der Waals surface area contributed by atoms with Crippen LogP contribution < -0.4 is 10.6 Å². The Labute approximate surface area is 146 Å². The van der Waals surface area contributed by atoms with Crippen molar-refractivity contribution in [1.82, 2.24) is 9.88 Å². The second-order valence-corrected chi connectivity index (χ2v) is 5.74. The molecule has 1 aromatic heterocycles. The predicted molar refractivity (Wildman–Crippen MR) is 94.3 cm³/mol. The molecule has 1 amide bonds. The molecular weight excluding hydrogens is 323 g/mol. The number of ether oxygens (including phenoxy) is 1. The summed E-state index contributed by atoms with van der Waals surface area (Å²) in [5.41, 5.74) is 1.18. The molecule has 0 aliphatic carbocycles. The first-order valence-electron chi connectivity index (χ1n) is 8.28. The highest BCUT2D eigenvalue weighted by atomic mass is 19.1. The lowest BCUT2D eigenvalue weighted by Gasteiger charge is -2.26. The van der Waals surface area contributed by atoms with Gasteiger partial charge in [0.2, 0.25) is 0 Å². The van der Waals surface area contributed by atoms with Crippen LogP contribution in [0, 0.1) is 5.82 Å². The molecule has 0 atom stereocenters. The van der Waals surface area contributed by atoms with E-state index in [0.717, 1.165) is 45.1 Å². The maximum absolute atomic E-state index is 13.6. The fraction of sp³-hybridized carbons (Fsp3) is 0.333. The van der Waals surface area contributed by atoms with Gasteiger partial charge in [-0.2, -0.15) is 0 Å². The molecule has 7 heteroatoms. The molecule has 2 aromatic rings. The number of hydrogen-bond acceptors (Lipinski definition) is 5. The van der Waals surface area contributed by atoms with E-state index in [1.165, 1.54) is 12.1 Å². The van der Waals surface area contributed by atoms with Gasteiger partial charge in [0.15, 0.2) is 0 Å². The van der Waals surface area contributed by atoms with E-state index in [9.17, 15) is 9.18 Å². The molecule has 3 rings (SSSR count). The Morgan fingerprint density at radius 2 is 2.04 bits per heavy atom. The molecule has 1 aliphatic rings. The molecule has 0 unspecified atom stereocenters. The van der Waals surface area contributed by atoms with Crippen LogP contribution in [0.3, 0.4) is 0 Å². The Hall–Kier alpha value is -2.51. The van der Waals surface area contributed by atoms with Gasteiger partial charge in [-0.1, -0.05) is 12.1 Å². The first-order valence-corrected chi connectivity index (χ1v) is 8.28. The number of halogens is 1. The molecule has 2 heterocycles. The summed E-state index contributed by atoms with van der Waals surface area (Å²) >= 11 is 0. The molecule has 0 spiro atoms. The highest BCUT2D eigenvalue weighted by molar-refractivity contribution is 6.03. The second-order valence-electron chi connectivity index (χ2n) is 5.74. The predicted octanol–water partition coefficient (Wildman–Crippen LogP) is 2.22. The molecule has 1 saturated heterocycles. The Morgan fingerprint density at radius 3 is 2.84 bits per heavy atom. The van der Waals surface area contributed by atoms with Gasteiger partial charge in [-0.3, -0.25) is 14.7 Å². The largest absolute Gasteiger partial charge is 0.384 e. The van der Waals surface area contributed by atoms with Gasteiger partial charge in [-0.05, 0) is 24.3 Å². The van der Waals surface area contributed by atoms with Gasteiger partial charge in [0, 0.05) is 38.1 Å². The fourth-order valence-electron chi connectivity index (χ4n) is 2.60. The lowest BCUT2D eigenvalue weighted by atomic mass is 10.2. The van der Waals surface area contributed by atoms with Crippen molar-refractivity contribution in [2.24, 2.45) is 0 Å². The maximum atomic E-state index is 13.6. The third-order valence-corrected chi connectivity index (χ3v) is 3.98. The summed E-state index contributed by atoms with van der Waals surface area (Å²) < 4.78 is 18.9. The minimum absolute atomic E-state index is 0.139. The van der Waals surface area contributed by atoms with Gasteiger partial charge >= 0.3 is 0 Å². The normalized spacial score (nSPS) is 14.9. The number of anilines is 2. The Morgan fingerprint density at radius 1 is 1.24 bits per heavy atom. The van der Waals surface area contributed by atoms with Crippen LogP contribution in [0.25, 0.3) is 0 Å². The molecule has 1 aliphatic heterocycles. The van der Waals surface area contributed by atoms with Gasteiger partial charge in [0.1, 0.15) is 11.5 Å². The van der Waals surface area contributed by atoms with Crippen LogP contribution in [0.4, 0.5) is 15.8 Å². The lowest BCUT2D eigenvalue weighted by Crippen LogP contribution is -2.39. The van der Waals surface area contributed by atoms with Crippen LogP contribution in [0.5, 0.6) is 0 Å². The van der Waals surface area contributed by atoms with E-state index in [2.05, 4.69) is 20.5 Å². The third kappa shape index (κ3) is 4.98. The van der Waals surface area contributed by atoms with Crippen molar-refractivity contribution in [3.05, 3.63) is 54.1 Å². The number of pyridine rings is 1. The van der Waals surface area contributed by atoms with Gasteiger partial charge in [-0.15, -0.1) is 0 Å². The third-order valence-electron chi connectivity index (χ3n) is 3.98. The molecule has 1 fully saturated rings. The minimum atomic E-state index is -0.476. The summed E-state index contributed by atoms with van der Waals surface area (Å²) in [6, 6.07) is 9.51. The van der Waals surface area contributed by atoms with E-state index < -0.39 is 11.7 Å². The van der Waals surface area contributed by atoms with E-state index in [0.29, 0.717) is 0 Å². The summed E-state index contributed by atoms with van der Waals surface area (Å²) in [6.45, 7) is 5.09. The van der Waals surface area contributed by atoms with Crippen molar-refractivity contribution < 1.29 is 13.9 Å². The van der Waals surface area contributed by atoms with Crippen molar-refractivity contribution in [1.29, 1.82) is 0 Å². The fourth-order valence-corrected chi connectivity index (χ4v) is 2.60. The molecular formula is C18H21FN4O2. The average molecular weight is 344 g/mol. The summed E-state index contributed by atoms with van der Waals surface area (Å²) in [4.78, 5) is 18.6. The summed E-state index contributed by atoms with van der Waals surface area (Å²) in [6.07, 6.45) is 1.56. The van der Waals surface area contributed by atoms with Crippen LogP contribution >= 0.6 is 0 Å².